The molecule has 17 heavy (non-hydrogen) atoms. The maximum Gasteiger partial charge on any atom is 0.0689 e. The Balaban J connectivity index is 2.44. The molecule has 1 saturated carbocycles. The third-order valence-electron chi connectivity index (χ3n) is 4.08. The lowest BCUT2D eigenvalue weighted by Crippen LogP contribution is -2.47. The summed E-state index contributed by atoms with van der Waals surface area (Å²) in [6.07, 6.45) is 13.0. The van der Waals surface area contributed by atoms with Crippen LogP contribution in [-0.2, 0) is 0 Å². The van der Waals surface area contributed by atoms with Gasteiger partial charge in [-0.1, -0.05) is 39.0 Å². The second-order valence-electron chi connectivity index (χ2n) is 5.54. The Kier molecular flexibility index (Phi) is 6.62. The Morgan fingerprint density at radius 1 is 1.35 bits per heavy atom. The van der Waals surface area contributed by atoms with Crippen molar-refractivity contribution in [1.82, 2.24) is 5.32 Å². The number of terminal acetylenes is 1. The Hall–Kier alpha value is -0.520. The van der Waals surface area contributed by atoms with Gasteiger partial charge in [0, 0.05) is 12.6 Å². The summed E-state index contributed by atoms with van der Waals surface area (Å²) in [6, 6.07) is 0.614. The van der Waals surface area contributed by atoms with Crippen LogP contribution in [0.3, 0.4) is 0 Å². The highest BCUT2D eigenvalue weighted by molar-refractivity contribution is 5.00. The van der Waals surface area contributed by atoms with E-state index in [1.54, 1.807) is 0 Å². The molecule has 0 radical (unpaired) electrons. The predicted octanol–water partition coefficient (Wildman–Crippen LogP) is 2.53. The summed E-state index contributed by atoms with van der Waals surface area (Å²) in [5.74, 6) is 4.47. The van der Waals surface area contributed by atoms with E-state index in [-0.39, 0.29) is 6.04 Å². The molecule has 98 valence electrons. The van der Waals surface area contributed by atoms with Crippen molar-refractivity contribution in [1.29, 1.82) is 0 Å². The number of rotatable bonds is 6. The van der Waals surface area contributed by atoms with Crippen LogP contribution in [0.1, 0.15) is 52.4 Å². The molecular weight excluding hydrogens is 208 g/mol. The van der Waals surface area contributed by atoms with E-state index in [4.69, 9.17) is 12.2 Å². The zero-order chi connectivity index (χ0) is 12.7. The number of nitrogens with one attached hydrogen (secondary N) is 1. The molecule has 2 heteroatoms. The number of hydrogen-bond acceptors (Lipinski definition) is 2. The van der Waals surface area contributed by atoms with Crippen LogP contribution in [0.2, 0.25) is 0 Å². The summed E-state index contributed by atoms with van der Waals surface area (Å²) >= 11 is 0. The molecule has 2 atom stereocenters. The predicted molar refractivity (Wildman–Crippen MR) is 74.6 cm³/mol. The summed E-state index contributed by atoms with van der Waals surface area (Å²) in [7, 11) is 0. The van der Waals surface area contributed by atoms with Crippen LogP contribution in [0.25, 0.3) is 0 Å². The van der Waals surface area contributed by atoms with Gasteiger partial charge in [-0.2, -0.15) is 0 Å². The van der Waals surface area contributed by atoms with Gasteiger partial charge in [0.25, 0.3) is 0 Å². The molecule has 0 aromatic carbocycles. The summed E-state index contributed by atoms with van der Waals surface area (Å²) < 4.78 is 0. The molecule has 0 bridgehead atoms. The average Bonchev–Trinajstić information content (AvgIpc) is 2.36. The second-order valence-corrected chi connectivity index (χ2v) is 5.54. The van der Waals surface area contributed by atoms with E-state index in [1.165, 1.54) is 25.7 Å². The molecule has 0 aromatic heterocycles. The van der Waals surface area contributed by atoms with Gasteiger partial charge < -0.3 is 5.73 Å². The van der Waals surface area contributed by atoms with Crippen molar-refractivity contribution in [3.05, 3.63) is 0 Å². The van der Waals surface area contributed by atoms with Gasteiger partial charge in [0.15, 0.2) is 0 Å². The van der Waals surface area contributed by atoms with Crippen LogP contribution in [0.4, 0.5) is 0 Å². The smallest absolute Gasteiger partial charge is 0.0689 e. The molecule has 0 amide bonds. The first-order valence-corrected chi connectivity index (χ1v) is 7.13. The van der Waals surface area contributed by atoms with Crippen LogP contribution in [0.5, 0.6) is 0 Å². The van der Waals surface area contributed by atoms with Crippen LogP contribution >= 0.6 is 0 Å². The molecule has 0 spiro atoms. The topological polar surface area (TPSA) is 38.0 Å². The normalized spacial score (nSPS) is 28.4. The molecule has 3 N–H and O–H groups in total. The van der Waals surface area contributed by atoms with Gasteiger partial charge in [-0.15, -0.1) is 6.42 Å². The van der Waals surface area contributed by atoms with Crippen LogP contribution in [0.15, 0.2) is 0 Å². The van der Waals surface area contributed by atoms with Gasteiger partial charge in [-0.3, -0.25) is 5.32 Å². The fourth-order valence-corrected chi connectivity index (χ4v) is 2.85. The summed E-state index contributed by atoms with van der Waals surface area (Å²) in [4.78, 5) is 0. The molecule has 0 aliphatic heterocycles. The van der Waals surface area contributed by atoms with Crippen molar-refractivity contribution in [2.45, 2.75) is 64.5 Å². The van der Waals surface area contributed by atoms with Crippen molar-refractivity contribution in [3.8, 4) is 12.3 Å². The first-order valence-electron chi connectivity index (χ1n) is 7.13. The lowest BCUT2D eigenvalue weighted by atomic mass is 9.79. The fourth-order valence-electron chi connectivity index (χ4n) is 2.85. The van der Waals surface area contributed by atoms with Gasteiger partial charge in [-0.25, -0.2) is 0 Å². The monoisotopic (exact) mass is 236 g/mol. The first-order chi connectivity index (χ1) is 8.21. The van der Waals surface area contributed by atoms with Gasteiger partial charge >= 0.3 is 0 Å². The Morgan fingerprint density at radius 3 is 2.47 bits per heavy atom. The minimum atomic E-state index is 0.202. The molecule has 1 aliphatic carbocycles. The zero-order valence-electron chi connectivity index (χ0n) is 11.4. The van der Waals surface area contributed by atoms with E-state index in [0.29, 0.717) is 12.6 Å². The van der Waals surface area contributed by atoms with Crippen molar-refractivity contribution in [3.63, 3.8) is 0 Å². The summed E-state index contributed by atoms with van der Waals surface area (Å²) in [5.41, 5.74) is 5.91. The van der Waals surface area contributed by atoms with Gasteiger partial charge in [0.1, 0.15) is 0 Å². The minimum absolute atomic E-state index is 0.202. The number of hydrogen-bond donors (Lipinski definition) is 2. The van der Waals surface area contributed by atoms with Crippen molar-refractivity contribution < 1.29 is 0 Å². The van der Waals surface area contributed by atoms with E-state index in [0.717, 1.165) is 24.7 Å². The Bertz CT molecular complexity index is 236. The van der Waals surface area contributed by atoms with E-state index in [2.05, 4.69) is 25.1 Å². The molecule has 1 aliphatic rings. The van der Waals surface area contributed by atoms with E-state index in [9.17, 15) is 0 Å². The third-order valence-corrected chi connectivity index (χ3v) is 4.08. The summed E-state index contributed by atoms with van der Waals surface area (Å²) in [6.45, 7) is 5.23. The standard InChI is InChI=1S/C15H28N2/c1-4-6-14(5-2)17-15(11-16)13-9-7-12(3)8-10-13/h2,12-15,17H,4,6-11,16H2,1,3H3. The van der Waals surface area contributed by atoms with Crippen LogP contribution < -0.4 is 11.1 Å². The molecule has 0 heterocycles. The molecule has 2 unspecified atom stereocenters. The van der Waals surface area contributed by atoms with Crippen molar-refractivity contribution >= 4 is 0 Å². The van der Waals surface area contributed by atoms with Gasteiger partial charge in [0.05, 0.1) is 6.04 Å². The maximum atomic E-state index is 5.91. The van der Waals surface area contributed by atoms with E-state index in [1.807, 2.05) is 0 Å². The van der Waals surface area contributed by atoms with Crippen molar-refractivity contribution in [2.24, 2.45) is 17.6 Å². The molecule has 2 nitrogen and oxygen atoms in total. The van der Waals surface area contributed by atoms with Crippen molar-refractivity contribution in [2.75, 3.05) is 6.54 Å². The Labute approximate surface area is 107 Å². The fraction of sp³-hybridized carbons (Fsp3) is 0.867. The third kappa shape index (κ3) is 4.69. The highest BCUT2D eigenvalue weighted by Crippen LogP contribution is 2.30. The molecule has 1 fully saturated rings. The largest absolute Gasteiger partial charge is 0.329 e. The second kappa shape index (κ2) is 7.74. The zero-order valence-corrected chi connectivity index (χ0v) is 11.4. The Morgan fingerprint density at radius 2 is 2.00 bits per heavy atom. The highest BCUT2D eigenvalue weighted by atomic mass is 15.0. The first kappa shape index (κ1) is 14.5. The molecule has 1 rings (SSSR count). The quantitative estimate of drug-likeness (QED) is 0.696. The van der Waals surface area contributed by atoms with Gasteiger partial charge in [0.2, 0.25) is 0 Å². The molecular formula is C15H28N2. The lowest BCUT2D eigenvalue weighted by Gasteiger charge is -2.34. The average molecular weight is 236 g/mol. The van der Waals surface area contributed by atoms with Crippen LogP contribution in [-0.4, -0.2) is 18.6 Å². The van der Waals surface area contributed by atoms with E-state index < -0.39 is 0 Å². The number of nitrogens with two attached hydrogens (primary N) is 1. The minimum Gasteiger partial charge on any atom is -0.329 e. The molecule has 0 saturated heterocycles. The van der Waals surface area contributed by atoms with Crippen LogP contribution in [0, 0.1) is 24.2 Å². The molecule has 0 aromatic rings. The van der Waals surface area contributed by atoms with E-state index >= 15 is 0 Å². The van der Waals surface area contributed by atoms with Gasteiger partial charge in [-0.05, 0) is 31.1 Å². The maximum absolute atomic E-state index is 5.91. The SMILES string of the molecule is C#CC(CCC)NC(CN)C1CCC(C)CC1. The highest BCUT2D eigenvalue weighted by Gasteiger charge is 2.26. The summed E-state index contributed by atoms with van der Waals surface area (Å²) in [5, 5.41) is 3.58. The lowest BCUT2D eigenvalue weighted by molar-refractivity contribution is 0.226.